The molecule has 36 heavy (non-hydrogen) atoms. The predicted octanol–water partition coefficient (Wildman–Crippen LogP) is 5.80. The third kappa shape index (κ3) is 6.46. The Labute approximate surface area is 205 Å². The summed E-state index contributed by atoms with van der Waals surface area (Å²) >= 11 is 0. The van der Waals surface area contributed by atoms with Gasteiger partial charge in [0, 0.05) is 18.8 Å². The van der Waals surface area contributed by atoms with Crippen molar-refractivity contribution in [2.24, 2.45) is 7.05 Å². The SMILES string of the molecule is C=C1/C(=C(/C)C=C(C)C)NCCC[C@@H]1N(Cc1cc(C(F)(F)F)cc(C(F)(F)F)c1)c1nnn(C)n1. The number of tetrazole rings is 1. The minimum absolute atomic E-state index is 0.0794. The molecular formula is C24H28F6N6. The molecule has 196 valence electrons. The summed E-state index contributed by atoms with van der Waals surface area (Å²) in [5.74, 6) is 0.0794. The first-order chi connectivity index (χ1) is 16.7. The number of nitrogens with one attached hydrogen (secondary N) is 1. The molecule has 3 rings (SSSR count). The van der Waals surface area contributed by atoms with Gasteiger partial charge in [0.1, 0.15) is 0 Å². The van der Waals surface area contributed by atoms with E-state index in [1.807, 2.05) is 26.8 Å². The second kappa shape index (κ2) is 10.4. The van der Waals surface area contributed by atoms with Crippen LogP contribution in [0.2, 0.25) is 0 Å². The maximum Gasteiger partial charge on any atom is 0.416 e. The highest BCUT2D eigenvalue weighted by atomic mass is 19.4. The van der Waals surface area contributed by atoms with Crippen molar-refractivity contribution in [1.82, 2.24) is 25.5 Å². The van der Waals surface area contributed by atoms with Crippen molar-refractivity contribution in [1.29, 1.82) is 0 Å². The maximum absolute atomic E-state index is 13.5. The van der Waals surface area contributed by atoms with Crippen LogP contribution in [0, 0.1) is 0 Å². The van der Waals surface area contributed by atoms with Crippen LogP contribution in [0.25, 0.3) is 0 Å². The molecule has 1 aromatic heterocycles. The molecule has 1 aliphatic heterocycles. The minimum atomic E-state index is -4.95. The van der Waals surface area contributed by atoms with E-state index < -0.39 is 29.5 Å². The van der Waals surface area contributed by atoms with E-state index in [9.17, 15) is 26.3 Å². The predicted molar refractivity (Wildman–Crippen MR) is 124 cm³/mol. The number of allylic oxidation sites excluding steroid dienone is 3. The van der Waals surface area contributed by atoms with E-state index in [2.05, 4.69) is 27.3 Å². The zero-order valence-corrected chi connectivity index (χ0v) is 20.4. The van der Waals surface area contributed by atoms with Crippen molar-refractivity contribution in [3.8, 4) is 0 Å². The van der Waals surface area contributed by atoms with Crippen LogP contribution in [0.15, 0.2) is 53.3 Å². The van der Waals surface area contributed by atoms with Crippen LogP contribution in [0.5, 0.6) is 0 Å². The largest absolute Gasteiger partial charge is 0.416 e. The number of halogens is 6. The van der Waals surface area contributed by atoms with Crippen molar-refractivity contribution in [2.45, 2.75) is 58.6 Å². The standard InChI is InChI=1S/C24H28F6N6/c1-14(2)9-15(3)21-16(4)20(7-6-8-31-21)36(22-32-34-35(5)33-22)13-17-10-18(23(25,26)27)12-19(11-17)24(28,29)30/h9-12,20,31H,4,6-8,13H2,1-3,5H3/b21-15+/t20-/m0/s1. The quantitative estimate of drug-likeness (QED) is 0.511. The van der Waals surface area contributed by atoms with Crippen LogP contribution in [0.3, 0.4) is 0 Å². The van der Waals surface area contributed by atoms with Crippen molar-refractivity contribution < 1.29 is 26.3 Å². The molecule has 2 heterocycles. The molecule has 0 radical (unpaired) electrons. The van der Waals surface area contributed by atoms with Gasteiger partial charge in [0.05, 0.1) is 24.2 Å². The Balaban J connectivity index is 2.12. The maximum atomic E-state index is 13.5. The highest BCUT2D eigenvalue weighted by molar-refractivity contribution is 5.47. The molecule has 0 saturated carbocycles. The van der Waals surface area contributed by atoms with E-state index in [1.54, 1.807) is 4.90 Å². The second-order valence-electron chi connectivity index (χ2n) is 9.01. The molecular weight excluding hydrogens is 486 g/mol. The van der Waals surface area contributed by atoms with Gasteiger partial charge in [-0.2, -0.15) is 31.1 Å². The highest BCUT2D eigenvalue weighted by Gasteiger charge is 2.37. The van der Waals surface area contributed by atoms with Gasteiger partial charge >= 0.3 is 12.4 Å². The molecule has 1 saturated heterocycles. The van der Waals surface area contributed by atoms with E-state index in [4.69, 9.17) is 0 Å². The lowest BCUT2D eigenvalue weighted by Gasteiger charge is -2.32. The van der Waals surface area contributed by atoms with Crippen molar-refractivity contribution in [3.05, 3.63) is 70.0 Å². The molecule has 1 N–H and O–H groups in total. The lowest BCUT2D eigenvalue weighted by atomic mass is 9.96. The Morgan fingerprint density at radius 3 is 2.22 bits per heavy atom. The number of hydrogen-bond acceptors (Lipinski definition) is 5. The number of rotatable bonds is 5. The molecule has 12 heteroatoms. The zero-order chi connectivity index (χ0) is 26.8. The van der Waals surface area contributed by atoms with Gasteiger partial charge < -0.3 is 10.2 Å². The summed E-state index contributed by atoms with van der Waals surface area (Å²) in [6.45, 7) is 10.4. The number of anilines is 1. The number of aryl methyl sites for hydroxylation is 1. The fourth-order valence-electron chi connectivity index (χ4n) is 4.22. The lowest BCUT2D eigenvalue weighted by Crippen LogP contribution is -2.38. The van der Waals surface area contributed by atoms with Gasteiger partial charge in [0.25, 0.3) is 5.95 Å². The van der Waals surface area contributed by atoms with Crippen molar-refractivity contribution >= 4 is 5.95 Å². The minimum Gasteiger partial charge on any atom is -0.385 e. The topological polar surface area (TPSA) is 58.9 Å². The first-order valence-corrected chi connectivity index (χ1v) is 11.2. The number of aromatic nitrogens is 4. The Hall–Kier alpha value is -3.31. The Bertz CT molecular complexity index is 1140. The molecule has 1 atom stereocenters. The number of benzene rings is 1. The number of hydrogen-bond donors (Lipinski definition) is 1. The summed E-state index contributed by atoms with van der Waals surface area (Å²) in [5.41, 5.74) is 0.456. The lowest BCUT2D eigenvalue weighted by molar-refractivity contribution is -0.143. The number of nitrogens with zero attached hydrogens (tertiary/aromatic N) is 5. The van der Waals surface area contributed by atoms with E-state index >= 15 is 0 Å². The van der Waals surface area contributed by atoms with Crippen LogP contribution < -0.4 is 10.2 Å². The average Bonchev–Trinajstić information content (AvgIpc) is 3.09. The van der Waals surface area contributed by atoms with E-state index in [0.717, 1.165) is 29.0 Å². The summed E-state index contributed by atoms with van der Waals surface area (Å²) in [6, 6.07) is 1.07. The summed E-state index contributed by atoms with van der Waals surface area (Å²) in [6.07, 6.45) is -6.70. The van der Waals surface area contributed by atoms with Gasteiger partial charge in [0.15, 0.2) is 0 Å². The highest BCUT2D eigenvalue weighted by Crippen LogP contribution is 2.37. The molecule has 0 unspecified atom stereocenters. The summed E-state index contributed by atoms with van der Waals surface area (Å²) in [4.78, 5) is 2.74. The normalized spacial score (nSPS) is 18.4. The molecule has 1 aromatic carbocycles. The van der Waals surface area contributed by atoms with E-state index in [-0.39, 0.29) is 24.1 Å². The first kappa shape index (κ1) is 27.3. The third-order valence-electron chi connectivity index (χ3n) is 5.71. The fraction of sp³-hybridized carbons (Fsp3) is 0.458. The van der Waals surface area contributed by atoms with Crippen LogP contribution in [0.1, 0.15) is 50.3 Å². The molecule has 1 fully saturated rings. The van der Waals surface area contributed by atoms with Crippen LogP contribution in [-0.2, 0) is 25.9 Å². The molecule has 6 nitrogen and oxygen atoms in total. The van der Waals surface area contributed by atoms with Crippen molar-refractivity contribution in [2.75, 3.05) is 11.4 Å². The third-order valence-corrected chi connectivity index (χ3v) is 5.71. The monoisotopic (exact) mass is 514 g/mol. The molecule has 0 bridgehead atoms. The summed E-state index contributed by atoms with van der Waals surface area (Å²) < 4.78 is 80.8. The van der Waals surface area contributed by atoms with E-state index in [0.29, 0.717) is 25.0 Å². The van der Waals surface area contributed by atoms with Gasteiger partial charge in [-0.25, -0.2) is 0 Å². The van der Waals surface area contributed by atoms with Crippen LogP contribution in [-0.4, -0.2) is 32.8 Å². The Morgan fingerprint density at radius 1 is 1.11 bits per heavy atom. The summed E-state index contributed by atoms with van der Waals surface area (Å²) in [5, 5.41) is 15.4. The Kier molecular flexibility index (Phi) is 7.85. The molecule has 2 aromatic rings. The van der Waals surface area contributed by atoms with Gasteiger partial charge in [-0.1, -0.05) is 23.3 Å². The fourth-order valence-corrected chi connectivity index (χ4v) is 4.22. The zero-order valence-electron chi connectivity index (χ0n) is 20.4. The molecule has 0 amide bonds. The van der Waals surface area contributed by atoms with Gasteiger partial charge in [0.2, 0.25) is 0 Å². The molecule has 0 spiro atoms. The van der Waals surface area contributed by atoms with Crippen LogP contribution in [0.4, 0.5) is 32.3 Å². The van der Waals surface area contributed by atoms with E-state index in [1.165, 1.54) is 11.8 Å². The van der Waals surface area contributed by atoms with Crippen LogP contribution >= 0.6 is 0 Å². The van der Waals surface area contributed by atoms with Gasteiger partial charge in [-0.05, 0) is 73.7 Å². The van der Waals surface area contributed by atoms with Gasteiger partial charge in [-0.3, -0.25) is 0 Å². The van der Waals surface area contributed by atoms with Gasteiger partial charge in [-0.15, -0.1) is 5.10 Å². The Morgan fingerprint density at radius 2 is 1.72 bits per heavy atom. The number of alkyl halides is 6. The second-order valence-corrected chi connectivity index (χ2v) is 9.01. The molecule has 0 aliphatic carbocycles. The smallest absolute Gasteiger partial charge is 0.385 e. The molecule has 1 aliphatic rings. The average molecular weight is 515 g/mol. The van der Waals surface area contributed by atoms with Crippen molar-refractivity contribution in [3.63, 3.8) is 0 Å². The summed E-state index contributed by atoms with van der Waals surface area (Å²) in [7, 11) is 1.52. The first-order valence-electron chi connectivity index (χ1n) is 11.2.